The minimum atomic E-state index is 0.455. The van der Waals surface area contributed by atoms with E-state index in [2.05, 4.69) is 23.4 Å². The van der Waals surface area contributed by atoms with E-state index in [9.17, 15) is 0 Å². The van der Waals surface area contributed by atoms with Crippen LogP contribution in [0.25, 0.3) is 11.0 Å². The number of fused-ring (bicyclic) bond motifs is 1. The molecule has 0 atom stereocenters. The quantitative estimate of drug-likeness (QED) is 0.839. The van der Waals surface area contributed by atoms with Crippen molar-refractivity contribution in [3.8, 4) is 0 Å². The molecule has 2 N–H and O–H groups in total. The van der Waals surface area contributed by atoms with Crippen molar-refractivity contribution in [1.82, 2.24) is 9.55 Å². The van der Waals surface area contributed by atoms with Crippen LogP contribution in [-0.2, 0) is 0 Å². The van der Waals surface area contributed by atoms with Gasteiger partial charge in [-0.25, -0.2) is 4.98 Å². The van der Waals surface area contributed by atoms with Gasteiger partial charge in [0.25, 0.3) is 0 Å². The molecule has 102 valence electrons. The summed E-state index contributed by atoms with van der Waals surface area (Å²) in [6.45, 7) is 4.69. The van der Waals surface area contributed by atoms with Crippen molar-refractivity contribution in [3.63, 3.8) is 0 Å². The Kier molecular flexibility index (Phi) is 2.97. The van der Waals surface area contributed by atoms with Crippen molar-refractivity contribution < 1.29 is 0 Å². The molecule has 0 bridgehead atoms. The maximum Gasteiger partial charge on any atom is 0.201 e. The van der Waals surface area contributed by atoms with Crippen LogP contribution < -0.4 is 5.73 Å². The second-order valence-corrected chi connectivity index (χ2v) is 6.80. The van der Waals surface area contributed by atoms with E-state index in [0.717, 1.165) is 28.9 Å². The Morgan fingerprint density at radius 1 is 1.32 bits per heavy atom. The van der Waals surface area contributed by atoms with Gasteiger partial charge in [-0.3, -0.25) is 0 Å². The zero-order valence-electron chi connectivity index (χ0n) is 11.5. The maximum absolute atomic E-state index is 6.11. The van der Waals surface area contributed by atoms with Crippen molar-refractivity contribution >= 4 is 28.6 Å². The van der Waals surface area contributed by atoms with E-state index >= 15 is 0 Å². The third-order valence-electron chi connectivity index (χ3n) is 4.35. The van der Waals surface area contributed by atoms with Gasteiger partial charge in [0.05, 0.1) is 11.0 Å². The molecule has 1 saturated carbocycles. The first-order valence-electron chi connectivity index (χ1n) is 6.89. The van der Waals surface area contributed by atoms with Gasteiger partial charge in [0, 0.05) is 11.1 Å². The Labute approximate surface area is 118 Å². The molecule has 3 rings (SSSR count). The Morgan fingerprint density at radius 2 is 2.00 bits per heavy atom. The molecule has 0 unspecified atom stereocenters. The number of halogens is 1. The summed E-state index contributed by atoms with van der Waals surface area (Å²) in [5, 5.41) is 0.741. The monoisotopic (exact) mass is 277 g/mol. The molecule has 4 heteroatoms. The number of aromatic nitrogens is 2. The highest BCUT2D eigenvalue weighted by atomic mass is 35.5. The highest BCUT2D eigenvalue weighted by molar-refractivity contribution is 6.31. The smallest absolute Gasteiger partial charge is 0.201 e. The zero-order valence-corrected chi connectivity index (χ0v) is 12.2. The molecule has 1 aromatic carbocycles. The van der Waals surface area contributed by atoms with Crippen molar-refractivity contribution in [3.05, 3.63) is 23.2 Å². The largest absolute Gasteiger partial charge is 0.369 e. The van der Waals surface area contributed by atoms with Crippen LogP contribution in [0.5, 0.6) is 0 Å². The molecule has 1 fully saturated rings. The molecule has 1 aromatic heterocycles. The molecule has 1 heterocycles. The van der Waals surface area contributed by atoms with Crippen LogP contribution in [0.3, 0.4) is 0 Å². The normalized spacial score (nSPS) is 19.9. The third kappa shape index (κ3) is 2.32. The minimum Gasteiger partial charge on any atom is -0.369 e. The molecule has 19 heavy (non-hydrogen) atoms. The van der Waals surface area contributed by atoms with E-state index in [1.165, 1.54) is 12.8 Å². The summed E-state index contributed by atoms with van der Waals surface area (Å²) in [7, 11) is 0. The van der Waals surface area contributed by atoms with E-state index < -0.39 is 0 Å². The summed E-state index contributed by atoms with van der Waals surface area (Å²) in [5.74, 6) is 0.613. The van der Waals surface area contributed by atoms with Gasteiger partial charge in [-0.1, -0.05) is 25.4 Å². The predicted molar refractivity (Wildman–Crippen MR) is 80.4 cm³/mol. The van der Waals surface area contributed by atoms with Crippen molar-refractivity contribution in [2.24, 2.45) is 5.41 Å². The minimum absolute atomic E-state index is 0.455. The summed E-state index contributed by atoms with van der Waals surface area (Å²) in [6, 6.07) is 6.23. The van der Waals surface area contributed by atoms with Crippen LogP contribution in [0.15, 0.2) is 18.2 Å². The molecular formula is C15H20ClN3. The number of anilines is 1. The van der Waals surface area contributed by atoms with Gasteiger partial charge in [0.2, 0.25) is 5.95 Å². The number of benzene rings is 1. The SMILES string of the molecule is CC1(C)CCC(n2c(N)nc3ccc(Cl)cc32)CC1. The number of imidazole rings is 1. The van der Waals surface area contributed by atoms with Gasteiger partial charge in [-0.05, 0) is 49.3 Å². The molecule has 1 aliphatic carbocycles. The first-order chi connectivity index (χ1) is 8.96. The van der Waals surface area contributed by atoms with E-state index in [1.807, 2.05) is 18.2 Å². The number of nitrogen functional groups attached to an aromatic ring is 1. The van der Waals surface area contributed by atoms with E-state index in [4.69, 9.17) is 17.3 Å². The summed E-state index contributed by atoms with van der Waals surface area (Å²) in [6.07, 6.45) is 4.79. The molecule has 0 saturated heterocycles. The average Bonchev–Trinajstić information content (AvgIpc) is 2.65. The lowest BCUT2D eigenvalue weighted by Crippen LogP contribution is -2.24. The highest BCUT2D eigenvalue weighted by Gasteiger charge is 2.29. The van der Waals surface area contributed by atoms with Gasteiger partial charge < -0.3 is 10.3 Å². The maximum atomic E-state index is 6.11. The Hall–Kier alpha value is -1.22. The first kappa shape index (κ1) is 12.8. The fourth-order valence-corrected chi connectivity index (χ4v) is 3.28. The van der Waals surface area contributed by atoms with Gasteiger partial charge in [0.15, 0.2) is 0 Å². The number of rotatable bonds is 1. The standard InChI is InChI=1S/C15H20ClN3/c1-15(2)7-5-11(6-8-15)19-13-9-10(16)3-4-12(13)18-14(19)17/h3-4,9,11H,5-8H2,1-2H3,(H2,17,18). The van der Waals surface area contributed by atoms with E-state index in [-0.39, 0.29) is 0 Å². The van der Waals surface area contributed by atoms with Gasteiger partial charge in [-0.15, -0.1) is 0 Å². The van der Waals surface area contributed by atoms with Crippen LogP contribution in [0.1, 0.15) is 45.6 Å². The zero-order chi connectivity index (χ0) is 13.6. The van der Waals surface area contributed by atoms with Crippen LogP contribution in [0, 0.1) is 5.41 Å². The topological polar surface area (TPSA) is 43.8 Å². The summed E-state index contributed by atoms with van der Waals surface area (Å²) < 4.78 is 2.18. The molecule has 0 aliphatic heterocycles. The molecular weight excluding hydrogens is 258 g/mol. The number of nitrogens with zero attached hydrogens (tertiary/aromatic N) is 2. The van der Waals surface area contributed by atoms with Crippen LogP contribution >= 0.6 is 11.6 Å². The van der Waals surface area contributed by atoms with Crippen molar-refractivity contribution in [2.75, 3.05) is 5.73 Å². The Morgan fingerprint density at radius 3 is 2.68 bits per heavy atom. The van der Waals surface area contributed by atoms with Crippen molar-refractivity contribution in [1.29, 1.82) is 0 Å². The van der Waals surface area contributed by atoms with Gasteiger partial charge >= 0.3 is 0 Å². The molecule has 1 aliphatic rings. The fraction of sp³-hybridized carbons (Fsp3) is 0.533. The molecule has 0 spiro atoms. The second kappa shape index (κ2) is 4.41. The van der Waals surface area contributed by atoms with Gasteiger partial charge in [0.1, 0.15) is 0 Å². The predicted octanol–water partition coefficient (Wildman–Crippen LogP) is 4.41. The highest BCUT2D eigenvalue weighted by Crippen LogP contribution is 2.42. The van der Waals surface area contributed by atoms with E-state index in [1.54, 1.807) is 0 Å². The van der Waals surface area contributed by atoms with Crippen molar-refractivity contribution in [2.45, 2.75) is 45.6 Å². The first-order valence-corrected chi connectivity index (χ1v) is 7.27. The molecule has 0 amide bonds. The van der Waals surface area contributed by atoms with Gasteiger partial charge in [-0.2, -0.15) is 0 Å². The third-order valence-corrected chi connectivity index (χ3v) is 4.59. The molecule has 2 aromatic rings. The lowest BCUT2D eigenvalue weighted by molar-refractivity contribution is 0.197. The summed E-state index contributed by atoms with van der Waals surface area (Å²) in [4.78, 5) is 4.45. The van der Waals surface area contributed by atoms with Crippen LogP contribution in [0.4, 0.5) is 5.95 Å². The number of nitrogens with two attached hydrogens (primary N) is 1. The summed E-state index contributed by atoms with van der Waals surface area (Å²) in [5.41, 5.74) is 8.57. The Bertz CT molecular complexity index is 605. The van der Waals surface area contributed by atoms with Crippen LogP contribution in [-0.4, -0.2) is 9.55 Å². The molecule has 0 radical (unpaired) electrons. The average molecular weight is 278 g/mol. The lowest BCUT2D eigenvalue weighted by Gasteiger charge is -2.35. The second-order valence-electron chi connectivity index (χ2n) is 6.37. The van der Waals surface area contributed by atoms with E-state index in [0.29, 0.717) is 17.4 Å². The fourth-order valence-electron chi connectivity index (χ4n) is 3.11. The number of hydrogen-bond donors (Lipinski definition) is 1. The Balaban J connectivity index is 2.01. The van der Waals surface area contributed by atoms with Crippen LogP contribution in [0.2, 0.25) is 5.02 Å². The summed E-state index contributed by atoms with van der Waals surface area (Å²) >= 11 is 6.10. The lowest BCUT2D eigenvalue weighted by atomic mass is 9.75. The number of hydrogen-bond acceptors (Lipinski definition) is 2. The molecule has 3 nitrogen and oxygen atoms in total.